The molecule has 4 aliphatic rings. The van der Waals surface area contributed by atoms with Crippen LogP contribution in [0.4, 0.5) is 0 Å². The second kappa shape index (κ2) is 8.07. The van der Waals surface area contributed by atoms with Gasteiger partial charge in [-0.1, -0.05) is 73.1 Å². The number of hydrogen-bond donors (Lipinski definition) is 1. The van der Waals surface area contributed by atoms with Crippen molar-refractivity contribution >= 4 is 5.78 Å². The first kappa shape index (κ1) is 25.2. The molecule has 0 aliphatic heterocycles. The lowest BCUT2D eigenvalue weighted by Gasteiger charge is -2.61. The van der Waals surface area contributed by atoms with Crippen molar-refractivity contribution in [3.63, 3.8) is 0 Å². The van der Waals surface area contributed by atoms with Crippen molar-refractivity contribution in [1.29, 1.82) is 0 Å². The summed E-state index contributed by atoms with van der Waals surface area (Å²) in [6.45, 7) is 23.1. The molecule has 0 aromatic carbocycles. The fourth-order valence-corrected chi connectivity index (χ4v) is 9.21. The van der Waals surface area contributed by atoms with Gasteiger partial charge in [-0.05, 0) is 91.3 Å². The van der Waals surface area contributed by atoms with Gasteiger partial charge in [-0.3, -0.25) is 4.79 Å². The molecule has 0 aromatic heterocycles. The maximum absolute atomic E-state index is 13.9. The van der Waals surface area contributed by atoms with E-state index in [4.69, 9.17) is 0 Å². The summed E-state index contributed by atoms with van der Waals surface area (Å²) in [5.74, 6) is 2.58. The molecule has 4 rings (SSSR count). The van der Waals surface area contributed by atoms with Gasteiger partial charge in [0, 0.05) is 17.4 Å². The first-order valence-electron chi connectivity index (χ1n) is 13.8. The zero-order chi connectivity index (χ0) is 24.6. The Morgan fingerprint density at radius 2 is 1.73 bits per heavy atom. The van der Waals surface area contributed by atoms with Crippen LogP contribution in [0.2, 0.25) is 0 Å². The van der Waals surface area contributed by atoms with E-state index in [-0.39, 0.29) is 33.7 Å². The van der Waals surface area contributed by atoms with E-state index in [0.717, 1.165) is 32.1 Å². The highest BCUT2D eigenvalue weighted by molar-refractivity contribution is 5.99. The molecule has 186 valence electrons. The van der Waals surface area contributed by atoms with Crippen LogP contribution in [0.25, 0.3) is 0 Å². The molecule has 7 atom stereocenters. The molecule has 33 heavy (non-hydrogen) atoms. The SMILES string of the molecule is C=C(CC[C@H](C)[C@@H]1CC[C@@]2(C)C3=C(CC[C@]12C)[C@@]1(C)CC[C@H](O)C(C)(C)[C@H]1CC3=O)C(C)C. The molecule has 4 aliphatic carbocycles. The highest BCUT2D eigenvalue weighted by Crippen LogP contribution is 2.71. The summed E-state index contributed by atoms with van der Waals surface area (Å²) in [4.78, 5) is 13.9. The van der Waals surface area contributed by atoms with E-state index in [9.17, 15) is 9.90 Å². The van der Waals surface area contributed by atoms with Gasteiger partial charge in [-0.25, -0.2) is 0 Å². The van der Waals surface area contributed by atoms with Crippen molar-refractivity contribution < 1.29 is 9.90 Å². The monoisotopic (exact) mass is 454 g/mol. The van der Waals surface area contributed by atoms with Crippen LogP contribution in [0.3, 0.4) is 0 Å². The van der Waals surface area contributed by atoms with Crippen molar-refractivity contribution in [3.8, 4) is 0 Å². The number of allylic oxidation sites excluding steroid dienone is 3. The summed E-state index contributed by atoms with van der Waals surface area (Å²) in [5.41, 5.74) is 4.18. The largest absolute Gasteiger partial charge is 0.393 e. The van der Waals surface area contributed by atoms with Crippen molar-refractivity contribution in [1.82, 2.24) is 0 Å². The van der Waals surface area contributed by atoms with Crippen molar-refractivity contribution in [3.05, 3.63) is 23.3 Å². The number of rotatable bonds is 5. The fourth-order valence-electron chi connectivity index (χ4n) is 9.21. The van der Waals surface area contributed by atoms with Gasteiger partial charge in [-0.2, -0.15) is 0 Å². The number of hydrogen-bond acceptors (Lipinski definition) is 2. The lowest BCUT2D eigenvalue weighted by molar-refractivity contribution is -0.134. The zero-order valence-electron chi connectivity index (χ0n) is 22.8. The predicted octanol–water partition coefficient (Wildman–Crippen LogP) is 7.90. The van der Waals surface area contributed by atoms with Gasteiger partial charge in [0.15, 0.2) is 5.78 Å². The van der Waals surface area contributed by atoms with Crippen molar-refractivity contribution in [2.45, 2.75) is 119 Å². The number of fused-ring (bicyclic) bond motifs is 4. The minimum absolute atomic E-state index is 0.000162. The average Bonchev–Trinajstić information content (AvgIpc) is 3.02. The Labute approximate surface area is 203 Å². The lowest BCUT2D eigenvalue weighted by Crippen LogP contribution is -2.57. The van der Waals surface area contributed by atoms with Gasteiger partial charge in [0.2, 0.25) is 0 Å². The molecule has 0 heterocycles. The van der Waals surface area contributed by atoms with Crippen LogP contribution < -0.4 is 0 Å². The summed E-state index contributed by atoms with van der Waals surface area (Å²) in [6, 6.07) is 0. The Hall–Kier alpha value is -0.890. The van der Waals surface area contributed by atoms with Crippen molar-refractivity contribution in [2.75, 3.05) is 0 Å². The van der Waals surface area contributed by atoms with E-state index in [1.807, 2.05) is 0 Å². The Morgan fingerprint density at radius 1 is 1.06 bits per heavy atom. The summed E-state index contributed by atoms with van der Waals surface area (Å²) >= 11 is 0. The Bertz CT molecular complexity index is 862. The van der Waals surface area contributed by atoms with E-state index in [1.165, 1.54) is 36.0 Å². The van der Waals surface area contributed by atoms with Gasteiger partial charge in [0.25, 0.3) is 0 Å². The molecule has 0 saturated heterocycles. The van der Waals surface area contributed by atoms with Crippen LogP contribution in [0.15, 0.2) is 23.3 Å². The molecular weight excluding hydrogens is 404 g/mol. The Morgan fingerprint density at radius 3 is 2.36 bits per heavy atom. The highest BCUT2D eigenvalue weighted by atomic mass is 16.3. The van der Waals surface area contributed by atoms with Gasteiger partial charge in [0.1, 0.15) is 0 Å². The van der Waals surface area contributed by atoms with E-state index in [2.05, 4.69) is 62.0 Å². The third kappa shape index (κ3) is 3.47. The molecule has 0 bridgehead atoms. The molecular formula is C31H50O2. The van der Waals surface area contributed by atoms with Crippen LogP contribution in [0.1, 0.15) is 113 Å². The number of aliphatic hydroxyl groups is 1. The van der Waals surface area contributed by atoms with Crippen LogP contribution in [0, 0.1) is 45.3 Å². The highest BCUT2D eigenvalue weighted by Gasteiger charge is 2.65. The summed E-state index contributed by atoms with van der Waals surface area (Å²) in [7, 11) is 0. The summed E-state index contributed by atoms with van der Waals surface area (Å²) in [5, 5.41) is 10.8. The number of Topliss-reactive ketones (excluding diaryl/α,β-unsaturated/α-hetero) is 1. The molecule has 1 N–H and O–H groups in total. The summed E-state index contributed by atoms with van der Waals surface area (Å²) < 4.78 is 0. The number of carbonyl (C=O) groups is 1. The zero-order valence-corrected chi connectivity index (χ0v) is 22.8. The number of carbonyl (C=O) groups excluding carboxylic acids is 1. The molecule has 2 fully saturated rings. The number of ketones is 1. The lowest BCUT2D eigenvalue weighted by atomic mass is 9.43. The first-order chi connectivity index (χ1) is 15.2. The molecule has 2 saturated carbocycles. The van der Waals surface area contributed by atoms with Gasteiger partial charge in [-0.15, -0.1) is 0 Å². The molecule has 0 amide bonds. The van der Waals surface area contributed by atoms with Crippen LogP contribution in [-0.2, 0) is 4.79 Å². The minimum atomic E-state index is -0.299. The van der Waals surface area contributed by atoms with Gasteiger partial charge >= 0.3 is 0 Å². The summed E-state index contributed by atoms with van der Waals surface area (Å²) in [6.07, 6.45) is 9.25. The first-order valence-corrected chi connectivity index (χ1v) is 13.8. The molecule has 0 spiro atoms. The van der Waals surface area contributed by atoms with Crippen molar-refractivity contribution in [2.24, 2.45) is 45.3 Å². The molecule has 2 heteroatoms. The molecule has 0 radical (unpaired) electrons. The van der Waals surface area contributed by atoms with E-state index >= 15 is 0 Å². The average molecular weight is 455 g/mol. The van der Waals surface area contributed by atoms with Gasteiger partial charge in [0.05, 0.1) is 6.10 Å². The predicted molar refractivity (Wildman–Crippen MR) is 138 cm³/mol. The van der Waals surface area contributed by atoms with Crippen LogP contribution >= 0.6 is 0 Å². The second-order valence-corrected chi connectivity index (χ2v) is 14.1. The van der Waals surface area contributed by atoms with Crippen LogP contribution in [-0.4, -0.2) is 17.0 Å². The maximum Gasteiger partial charge on any atom is 0.159 e. The maximum atomic E-state index is 13.9. The van der Waals surface area contributed by atoms with E-state index in [1.54, 1.807) is 0 Å². The third-order valence-corrected chi connectivity index (χ3v) is 12.0. The molecule has 0 aromatic rings. The molecule has 0 unspecified atom stereocenters. The smallest absolute Gasteiger partial charge is 0.159 e. The topological polar surface area (TPSA) is 37.3 Å². The normalized spacial score (nSPS) is 43.2. The van der Waals surface area contributed by atoms with E-state index in [0.29, 0.717) is 30.0 Å². The Kier molecular flexibility index (Phi) is 6.17. The van der Waals surface area contributed by atoms with Gasteiger partial charge < -0.3 is 5.11 Å². The van der Waals surface area contributed by atoms with E-state index < -0.39 is 0 Å². The third-order valence-electron chi connectivity index (χ3n) is 12.0. The quantitative estimate of drug-likeness (QED) is 0.429. The minimum Gasteiger partial charge on any atom is -0.393 e. The standard InChI is InChI=1S/C31H50O2/c1-19(2)20(3)10-11-21(4)22-12-17-31(9)27-23(13-16-30(22,31)8)29(7)15-14-26(33)28(5,6)25(29)18-24(27)32/h19,21-22,25-26,33H,3,10-18H2,1-2,4-9H3/t21-,22-,25+,26-,29+,30+,31-/m0/s1. The number of aliphatic hydroxyl groups excluding tert-OH is 1. The fraction of sp³-hybridized carbons (Fsp3) is 0.839. The molecule has 2 nitrogen and oxygen atoms in total. The Balaban J connectivity index is 1.68. The van der Waals surface area contributed by atoms with Crippen LogP contribution in [0.5, 0.6) is 0 Å². The second-order valence-electron chi connectivity index (χ2n) is 14.1.